The van der Waals surface area contributed by atoms with E-state index in [1.807, 2.05) is 13.8 Å². The van der Waals surface area contributed by atoms with Gasteiger partial charge in [-0.2, -0.15) is 0 Å². The van der Waals surface area contributed by atoms with E-state index in [9.17, 15) is 9.59 Å². The van der Waals surface area contributed by atoms with Crippen molar-refractivity contribution < 1.29 is 19.1 Å². The Kier molecular flexibility index (Phi) is 6.80. The molecular formula is C10H18O4. The average Bonchev–Trinajstić information content (AvgIpc) is 2.12. The highest BCUT2D eigenvalue weighted by atomic mass is 16.6. The molecule has 0 aromatic rings. The molecule has 0 aliphatic rings. The first-order chi connectivity index (χ1) is 6.60. The Hall–Kier alpha value is -1.06. The number of hydrogen-bond donors (Lipinski definition) is 0. The molecule has 0 aliphatic heterocycles. The zero-order valence-electron chi connectivity index (χ0n) is 9.04. The third-order valence-corrected chi connectivity index (χ3v) is 1.67. The molecule has 0 spiro atoms. The molecule has 0 N–H and O–H groups in total. The molecule has 0 saturated carbocycles. The van der Waals surface area contributed by atoms with Crippen LogP contribution in [0.2, 0.25) is 0 Å². The van der Waals surface area contributed by atoms with Gasteiger partial charge in [0.05, 0.1) is 0 Å². The quantitative estimate of drug-likeness (QED) is 0.615. The fraction of sp³-hybridized carbons (Fsp3) is 0.800. The van der Waals surface area contributed by atoms with Crippen molar-refractivity contribution in [3.8, 4) is 0 Å². The van der Waals surface area contributed by atoms with Crippen molar-refractivity contribution >= 4 is 11.9 Å². The molecule has 0 aromatic carbocycles. The van der Waals surface area contributed by atoms with Crippen LogP contribution in [0.25, 0.3) is 0 Å². The first kappa shape index (κ1) is 12.9. The van der Waals surface area contributed by atoms with E-state index in [1.54, 1.807) is 0 Å². The van der Waals surface area contributed by atoms with Crippen molar-refractivity contribution in [3.63, 3.8) is 0 Å². The van der Waals surface area contributed by atoms with Crippen LogP contribution in [-0.4, -0.2) is 24.6 Å². The average molecular weight is 202 g/mol. The summed E-state index contributed by atoms with van der Waals surface area (Å²) in [5.74, 6) is -0.582. The number of ether oxygens (including phenoxy) is 2. The summed E-state index contributed by atoms with van der Waals surface area (Å²) in [5.41, 5.74) is 0. The third kappa shape index (κ3) is 6.46. The molecule has 0 aromatic heterocycles. The lowest BCUT2D eigenvalue weighted by atomic mass is 10.3. The number of rotatable bonds is 6. The van der Waals surface area contributed by atoms with Crippen molar-refractivity contribution in [2.24, 2.45) is 0 Å². The highest BCUT2D eigenvalue weighted by Gasteiger charge is 2.11. The highest BCUT2D eigenvalue weighted by molar-refractivity contribution is 5.69. The minimum absolute atomic E-state index is 0.162. The molecule has 0 aliphatic carbocycles. The third-order valence-electron chi connectivity index (χ3n) is 1.67. The van der Waals surface area contributed by atoms with Crippen LogP contribution in [0.3, 0.4) is 0 Å². The van der Waals surface area contributed by atoms with E-state index >= 15 is 0 Å². The second kappa shape index (κ2) is 7.35. The molecule has 0 saturated heterocycles. The molecule has 82 valence electrons. The summed E-state index contributed by atoms with van der Waals surface area (Å²) in [6.45, 7) is 5.29. The molecule has 0 heterocycles. The maximum atomic E-state index is 11.0. The summed E-state index contributed by atoms with van der Waals surface area (Å²) < 4.78 is 9.83. The fourth-order valence-electron chi connectivity index (χ4n) is 0.932. The summed E-state index contributed by atoms with van der Waals surface area (Å²) >= 11 is 0. The van der Waals surface area contributed by atoms with E-state index in [4.69, 9.17) is 9.47 Å². The maximum Gasteiger partial charge on any atom is 0.305 e. The van der Waals surface area contributed by atoms with Crippen LogP contribution in [0.4, 0.5) is 0 Å². The van der Waals surface area contributed by atoms with Gasteiger partial charge in [0.1, 0.15) is 12.7 Å². The van der Waals surface area contributed by atoms with Crippen molar-refractivity contribution in [1.29, 1.82) is 0 Å². The van der Waals surface area contributed by atoms with Crippen LogP contribution in [0.1, 0.15) is 40.0 Å². The second-order valence-corrected chi connectivity index (χ2v) is 3.07. The zero-order valence-corrected chi connectivity index (χ0v) is 9.04. The van der Waals surface area contributed by atoms with Gasteiger partial charge in [0, 0.05) is 13.3 Å². The maximum absolute atomic E-state index is 11.0. The molecule has 4 nitrogen and oxygen atoms in total. The van der Waals surface area contributed by atoms with Gasteiger partial charge in [-0.1, -0.05) is 13.8 Å². The molecular weight excluding hydrogens is 184 g/mol. The summed E-state index contributed by atoms with van der Waals surface area (Å²) in [6, 6.07) is 0. The monoisotopic (exact) mass is 202 g/mol. The molecule has 0 radical (unpaired) electrons. The fourth-order valence-corrected chi connectivity index (χ4v) is 0.932. The Labute approximate surface area is 84.6 Å². The van der Waals surface area contributed by atoms with E-state index < -0.39 is 0 Å². The molecule has 0 bridgehead atoms. The van der Waals surface area contributed by atoms with Gasteiger partial charge in [-0.15, -0.1) is 0 Å². The largest absolute Gasteiger partial charge is 0.462 e. The lowest BCUT2D eigenvalue weighted by Gasteiger charge is -2.14. The van der Waals surface area contributed by atoms with Crippen LogP contribution >= 0.6 is 0 Å². The number of hydrogen-bond acceptors (Lipinski definition) is 4. The Bertz CT molecular complexity index is 189. The SMILES string of the molecule is CCCC(=O)OC[C@@H](CC)OC(C)=O. The molecule has 0 amide bonds. The Morgan fingerprint density at radius 1 is 1.29 bits per heavy atom. The van der Waals surface area contributed by atoms with Gasteiger partial charge < -0.3 is 9.47 Å². The first-order valence-corrected chi connectivity index (χ1v) is 4.93. The number of carbonyl (C=O) groups excluding carboxylic acids is 2. The van der Waals surface area contributed by atoms with E-state index in [-0.39, 0.29) is 24.6 Å². The number of carbonyl (C=O) groups is 2. The summed E-state index contributed by atoms with van der Waals surface area (Å²) in [6.07, 6.45) is 1.52. The van der Waals surface area contributed by atoms with Gasteiger partial charge >= 0.3 is 11.9 Å². The van der Waals surface area contributed by atoms with Gasteiger partial charge in [-0.3, -0.25) is 9.59 Å². The number of esters is 2. The Morgan fingerprint density at radius 3 is 2.36 bits per heavy atom. The smallest absolute Gasteiger partial charge is 0.305 e. The van der Waals surface area contributed by atoms with E-state index in [1.165, 1.54) is 6.92 Å². The topological polar surface area (TPSA) is 52.6 Å². The van der Waals surface area contributed by atoms with E-state index in [0.29, 0.717) is 12.8 Å². The van der Waals surface area contributed by atoms with Crippen LogP contribution in [-0.2, 0) is 19.1 Å². The van der Waals surface area contributed by atoms with Crippen LogP contribution in [0, 0.1) is 0 Å². The summed E-state index contributed by atoms with van der Waals surface area (Å²) in [5, 5.41) is 0. The van der Waals surface area contributed by atoms with Gasteiger partial charge in [0.15, 0.2) is 0 Å². The normalized spacial score (nSPS) is 11.9. The minimum atomic E-state index is -0.344. The first-order valence-electron chi connectivity index (χ1n) is 4.93. The van der Waals surface area contributed by atoms with Gasteiger partial charge in [-0.25, -0.2) is 0 Å². The zero-order chi connectivity index (χ0) is 11.0. The van der Waals surface area contributed by atoms with Crippen LogP contribution < -0.4 is 0 Å². The second-order valence-electron chi connectivity index (χ2n) is 3.07. The van der Waals surface area contributed by atoms with E-state index in [0.717, 1.165) is 6.42 Å². The van der Waals surface area contributed by atoms with Crippen molar-refractivity contribution in [3.05, 3.63) is 0 Å². The van der Waals surface area contributed by atoms with Crippen molar-refractivity contribution in [2.75, 3.05) is 6.61 Å². The molecule has 0 fully saturated rings. The van der Waals surface area contributed by atoms with E-state index in [2.05, 4.69) is 0 Å². The standard InChI is InChI=1S/C10H18O4/c1-4-6-10(12)13-7-9(5-2)14-8(3)11/h9H,4-7H2,1-3H3/t9-/m1/s1. The van der Waals surface area contributed by atoms with Crippen LogP contribution in [0.5, 0.6) is 0 Å². The molecule has 0 unspecified atom stereocenters. The summed E-state index contributed by atoms with van der Waals surface area (Å²) in [4.78, 5) is 21.6. The Morgan fingerprint density at radius 2 is 1.93 bits per heavy atom. The van der Waals surface area contributed by atoms with Crippen LogP contribution in [0.15, 0.2) is 0 Å². The molecule has 4 heteroatoms. The molecule has 14 heavy (non-hydrogen) atoms. The van der Waals surface area contributed by atoms with Gasteiger partial charge in [-0.05, 0) is 12.8 Å². The summed E-state index contributed by atoms with van der Waals surface area (Å²) in [7, 11) is 0. The van der Waals surface area contributed by atoms with Gasteiger partial charge in [0.25, 0.3) is 0 Å². The lowest BCUT2D eigenvalue weighted by Crippen LogP contribution is -2.23. The van der Waals surface area contributed by atoms with Crippen molar-refractivity contribution in [2.45, 2.75) is 46.1 Å². The Balaban J connectivity index is 3.71. The predicted octanol–water partition coefficient (Wildman–Crippen LogP) is 1.67. The minimum Gasteiger partial charge on any atom is -0.462 e. The highest BCUT2D eigenvalue weighted by Crippen LogP contribution is 2.01. The molecule has 1 atom stereocenters. The lowest BCUT2D eigenvalue weighted by molar-refractivity contribution is -0.157. The van der Waals surface area contributed by atoms with Gasteiger partial charge in [0.2, 0.25) is 0 Å². The molecule has 0 rings (SSSR count). The predicted molar refractivity (Wildman–Crippen MR) is 51.7 cm³/mol. The van der Waals surface area contributed by atoms with Crippen molar-refractivity contribution in [1.82, 2.24) is 0 Å².